The molecule has 2 N–H and O–H groups in total. The average Bonchev–Trinajstić information content (AvgIpc) is 3.43. The highest BCUT2D eigenvalue weighted by atomic mass is 16.8. The first-order chi connectivity index (χ1) is 12.6. The van der Waals surface area contributed by atoms with E-state index in [-0.39, 0.29) is 0 Å². The molecule has 6 nitrogen and oxygen atoms in total. The number of hydrogen-bond acceptors (Lipinski definition) is 6. The van der Waals surface area contributed by atoms with E-state index in [0.29, 0.717) is 23.7 Å². The lowest BCUT2D eigenvalue weighted by atomic mass is 9.85. The van der Waals surface area contributed by atoms with Gasteiger partial charge in [0.15, 0.2) is 11.6 Å². The number of aliphatic hydroxyl groups is 2. The van der Waals surface area contributed by atoms with Crippen molar-refractivity contribution in [3.63, 3.8) is 0 Å². The summed E-state index contributed by atoms with van der Waals surface area (Å²) in [6.07, 6.45) is 5.21. The van der Waals surface area contributed by atoms with E-state index in [1.165, 1.54) is 12.8 Å². The Bertz CT molecular complexity index is 560. The van der Waals surface area contributed by atoms with Crippen LogP contribution in [0.15, 0.2) is 0 Å². The molecule has 2 aliphatic heterocycles. The lowest BCUT2D eigenvalue weighted by Crippen LogP contribution is -2.61. The smallest absolute Gasteiger partial charge is 0.172 e. The van der Waals surface area contributed by atoms with Crippen molar-refractivity contribution in [1.29, 1.82) is 0 Å². The normalized spacial score (nSPS) is 67.6. The van der Waals surface area contributed by atoms with E-state index in [9.17, 15) is 10.2 Å². The molecule has 7 aliphatic rings. The Morgan fingerprint density at radius 1 is 0.577 bits per heavy atom. The molecular formula is C20H28O6. The summed E-state index contributed by atoms with van der Waals surface area (Å²) in [6.45, 7) is 0. The third-order valence-corrected chi connectivity index (χ3v) is 8.81. The number of hydrogen-bond donors (Lipinski definition) is 2. The van der Waals surface area contributed by atoms with E-state index in [1.54, 1.807) is 0 Å². The van der Waals surface area contributed by atoms with Crippen LogP contribution in [0.3, 0.4) is 0 Å². The summed E-state index contributed by atoms with van der Waals surface area (Å²) in [7, 11) is 0. The van der Waals surface area contributed by atoms with Crippen LogP contribution in [-0.2, 0) is 18.9 Å². The Morgan fingerprint density at radius 2 is 0.962 bits per heavy atom. The second-order valence-electron chi connectivity index (χ2n) is 10.1. The van der Waals surface area contributed by atoms with Crippen LogP contribution in [0.4, 0.5) is 0 Å². The number of fused-ring (bicyclic) bond motifs is 8. The molecule has 0 amide bonds. The molecule has 6 heteroatoms. The van der Waals surface area contributed by atoms with Gasteiger partial charge < -0.3 is 29.2 Å². The van der Waals surface area contributed by atoms with E-state index in [2.05, 4.69) is 0 Å². The van der Waals surface area contributed by atoms with Crippen molar-refractivity contribution in [1.82, 2.24) is 0 Å². The molecule has 26 heavy (non-hydrogen) atoms. The number of rotatable bonds is 0. The molecule has 4 bridgehead atoms. The molecule has 7 rings (SSSR count). The summed E-state index contributed by atoms with van der Waals surface area (Å²) < 4.78 is 25.5. The van der Waals surface area contributed by atoms with Gasteiger partial charge in [-0.1, -0.05) is 0 Å². The van der Waals surface area contributed by atoms with Crippen LogP contribution in [0.5, 0.6) is 0 Å². The predicted molar refractivity (Wildman–Crippen MR) is 87.9 cm³/mol. The van der Waals surface area contributed by atoms with E-state index in [0.717, 1.165) is 38.5 Å². The predicted octanol–water partition coefficient (Wildman–Crippen LogP) is 1.32. The van der Waals surface area contributed by atoms with Crippen LogP contribution in [0.25, 0.3) is 0 Å². The summed E-state index contributed by atoms with van der Waals surface area (Å²) in [5.74, 6) is 0.941. The quantitative estimate of drug-likeness (QED) is 0.675. The van der Waals surface area contributed by atoms with E-state index >= 15 is 0 Å². The zero-order valence-electron chi connectivity index (χ0n) is 15.0. The monoisotopic (exact) mass is 364 g/mol. The lowest BCUT2D eigenvalue weighted by Gasteiger charge is -2.38. The van der Waals surface area contributed by atoms with E-state index in [4.69, 9.17) is 18.9 Å². The summed E-state index contributed by atoms with van der Waals surface area (Å²) >= 11 is 0. The van der Waals surface area contributed by atoms with Crippen LogP contribution in [0.2, 0.25) is 0 Å². The highest BCUT2D eigenvalue weighted by Crippen LogP contribution is 2.61. The Morgan fingerprint density at radius 3 is 1.23 bits per heavy atom. The van der Waals surface area contributed by atoms with E-state index in [1.807, 2.05) is 0 Å². The van der Waals surface area contributed by atoms with Crippen molar-refractivity contribution < 1.29 is 29.2 Å². The van der Waals surface area contributed by atoms with Crippen molar-refractivity contribution in [2.75, 3.05) is 0 Å². The zero-order valence-corrected chi connectivity index (χ0v) is 15.0. The summed E-state index contributed by atoms with van der Waals surface area (Å²) in [5.41, 5.74) is 0. The van der Waals surface area contributed by atoms with Gasteiger partial charge in [-0.15, -0.1) is 0 Å². The van der Waals surface area contributed by atoms with Crippen molar-refractivity contribution >= 4 is 0 Å². The molecular weight excluding hydrogens is 336 g/mol. The zero-order chi connectivity index (χ0) is 17.3. The van der Waals surface area contributed by atoms with E-state index < -0.39 is 48.2 Å². The fourth-order valence-electron chi connectivity index (χ4n) is 7.71. The number of ether oxygens (including phenoxy) is 4. The van der Waals surface area contributed by atoms with Gasteiger partial charge in [-0.25, -0.2) is 0 Å². The van der Waals surface area contributed by atoms with Crippen LogP contribution >= 0.6 is 0 Å². The van der Waals surface area contributed by atoms with Gasteiger partial charge in [0.1, 0.15) is 36.6 Å². The van der Waals surface area contributed by atoms with Crippen LogP contribution in [0.1, 0.15) is 51.4 Å². The molecule has 0 aromatic rings. The van der Waals surface area contributed by atoms with Gasteiger partial charge in [0.25, 0.3) is 0 Å². The van der Waals surface area contributed by atoms with Crippen molar-refractivity contribution in [3.05, 3.63) is 0 Å². The van der Waals surface area contributed by atoms with Crippen LogP contribution in [-0.4, -0.2) is 58.4 Å². The molecule has 12 atom stereocenters. The second-order valence-corrected chi connectivity index (χ2v) is 10.1. The third kappa shape index (κ3) is 1.75. The van der Waals surface area contributed by atoms with Crippen LogP contribution < -0.4 is 0 Å². The molecule has 5 aliphatic carbocycles. The van der Waals surface area contributed by atoms with Gasteiger partial charge >= 0.3 is 0 Å². The van der Waals surface area contributed by atoms with Gasteiger partial charge in [0, 0.05) is 24.7 Å². The Hall–Kier alpha value is -0.240. The molecule has 6 unspecified atom stereocenters. The van der Waals surface area contributed by atoms with Gasteiger partial charge in [-0.2, -0.15) is 0 Å². The van der Waals surface area contributed by atoms with Gasteiger partial charge in [0.2, 0.25) is 0 Å². The van der Waals surface area contributed by atoms with Crippen molar-refractivity contribution in [2.24, 2.45) is 23.7 Å². The van der Waals surface area contributed by atoms with Crippen molar-refractivity contribution in [3.8, 4) is 0 Å². The molecule has 2 spiro atoms. The second kappa shape index (κ2) is 4.84. The first-order valence-electron chi connectivity index (χ1n) is 10.6. The van der Waals surface area contributed by atoms with Gasteiger partial charge in [-0.05, 0) is 50.4 Å². The molecule has 0 aromatic carbocycles. The first kappa shape index (κ1) is 15.7. The minimum Gasteiger partial charge on any atom is -0.387 e. The minimum atomic E-state index is -0.801. The molecule has 7 fully saturated rings. The fourth-order valence-corrected chi connectivity index (χ4v) is 7.71. The van der Waals surface area contributed by atoms with Gasteiger partial charge in [0.05, 0.1) is 0 Å². The largest absolute Gasteiger partial charge is 0.387 e. The molecule has 2 saturated heterocycles. The number of aliphatic hydroxyl groups excluding tert-OH is 2. The molecule has 144 valence electrons. The van der Waals surface area contributed by atoms with Crippen LogP contribution in [0, 0.1) is 23.7 Å². The molecule has 0 aromatic heterocycles. The maximum Gasteiger partial charge on any atom is 0.172 e. The first-order valence-corrected chi connectivity index (χ1v) is 10.6. The molecule has 0 radical (unpaired) electrons. The Kier molecular flexibility index (Phi) is 2.91. The molecule has 2 heterocycles. The summed E-state index contributed by atoms with van der Waals surface area (Å²) in [5, 5.41) is 22.1. The third-order valence-electron chi connectivity index (χ3n) is 8.81. The van der Waals surface area contributed by atoms with Crippen molar-refractivity contribution in [2.45, 2.75) is 99.6 Å². The van der Waals surface area contributed by atoms with Gasteiger partial charge in [-0.3, -0.25) is 0 Å². The maximum absolute atomic E-state index is 11.1. The fraction of sp³-hybridized carbons (Fsp3) is 1.00. The lowest BCUT2D eigenvalue weighted by molar-refractivity contribution is -0.235. The average molecular weight is 364 g/mol. The topological polar surface area (TPSA) is 77.4 Å². The summed E-state index contributed by atoms with van der Waals surface area (Å²) in [4.78, 5) is 0. The maximum atomic E-state index is 11.1. The minimum absolute atomic E-state index is 0.399. The molecule has 5 saturated carbocycles. The highest BCUT2D eigenvalue weighted by Gasteiger charge is 2.70. The SMILES string of the molecule is O[C@@H]1[C@H]2OC3(CC4CCC3C4)O[C@H]2[C@@H](O)[C@@H]2OC3(CC4CCC3C4)O[C@@H]12. The highest BCUT2D eigenvalue weighted by molar-refractivity contribution is 5.13. The Labute approximate surface area is 153 Å². The Balaban J connectivity index is 1.18. The standard InChI is InChI=1S/C20H28O6/c21-13-15-16(24-19(23-15)7-9-1-3-11(19)5-9)14(22)18-17(13)25-20(26-18)8-10-2-4-12(20)6-10/h9-18,21-22H,1-8H2/t9?,10?,11?,12?,13-,14-,15-,16-,17-,18+,19?,20?/m0/s1. The summed E-state index contributed by atoms with van der Waals surface area (Å²) in [6, 6.07) is 0.